The van der Waals surface area contributed by atoms with Crippen LogP contribution in [-0.2, 0) is 20.5 Å². The molecule has 1 heterocycles. The van der Waals surface area contributed by atoms with Gasteiger partial charge < -0.3 is 0 Å². The summed E-state index contributed by atoms with van der Waals surface area (Å²) >= 11 is -2.43. The van der Waals surface area contributed by atoms with E-state index in [1.165, 1.54) is 57.4 Å². The Morgan fingerprint density at radius 1 is 0.950 bits per heavy atom. The molecule has 4 atom stereocenters. The van der Waals surface area contributed by atoms with Crippen LogP contribution in [0.15, 0.2) is 34.4 Å². The standard InChI is InChI=1S/C22H35O4Si.3C4H9.Sn/c1-9-19(24-15-17-10-12-18(23-6)13-11-17)21-20(25-21)14-16(2)26-27(7,8)22(3,4)5;3*1-3-4-2;/h1,9-13,16,19-21H,14-15H2,2-8H3;3*1,3-4H2,2H3;/t16-,19-,20+,21+;;;;/m0..../s1. The third-order valence-corrected chi connectivity index (χ3v) is 27.9. The molecule has 1 saturated heterocycles. The number of unbranched alkanes of at least 4 members (excludes halogenated alkanes) is 3. The van der Waals surface area contributed by atoms with E-state index in [4.69, 9.17) is 18.6 Å². The Morgan fingerprint density at radius 2 is 1.50 bits per heavy atom. The summed E-state index contributed by atoms with van der Waals surface area (Å²) in [4.78, 5) is 0. The summed E-state index contributed by atoms with van der Waals surface area (Å²) in [5.74, 6) is 0.878. The van der Waals surface area contributed by atoms with Crippen molar-refractivity contribution in [2.45, 2.75) is 156 Å². The van der Waals surface area contributed by atoms with Crippen molar-refractivity contribution < 1.29 is 18.6 Å². The number of epoxide rings is 1. The molecule has 0 radical (unpaired) electrons. The van der Waals surface area contributed by atoms with Gasteiger partial charge in [-0.05, 0) is 0 Å². The summed E-state index contributed by atoms with van der Waals surface area (Å²) < 4.78 is 32.2. The Balaban J connectivity index is 2.21. The second-order valence-electron chi connectivity index (χ2n) is 13.7. The quantitative estimate of drug-likeness (QED) is 0.102. The van der Waals surface area contributed by atoms with E-state index in [0.29, 0.717) is 6.61 Å². The second-order valence-corrected chi connectivity index (χ2v) is 31.5. The Morgan fingerprint density at radius 3 is 1.98 bits per heavy atom. The minimum absolute atomic E-state index is 0.00636. The Bertz CT molecular complexity index is 842. The van der Waals surface area contributed by atoms with Gasteiger partial charge in [0.15, 0.2) is 0 Å². The Kier molecular flexibility index (Phi) is 15.3. The van der Waals surface area contributed by atoms with Gasteiger partial charge in [0.1, 0.15) is 0 Å². The zero-order valence-corrected chi connectivity index (χ0v) is 31.5. The summed E-state index contributed by atoms with van der Waals surface area (Å²) in [6.07, 6.45) is 11.9. The van der Waals surface area contributed by atoms with Crippen LogP contribution in [0.5, 0.6) is 5.75 Å². The van der Waals surface area contributed by atoms with Crippen LogP contribution in [0.1, 0.15) is 99.0 Å². The third kappa shape index (κ3) is 11.7. The molecule has 0 amide bonds. The third-order valence-electron chi connectivity index (χ3n) is 9.14. The van der Waals surface area contributed by atoms with Crippen molar-refractivity contribution in [3.05, 3.63) is 40.0 Å². The van der Waals surface area contributed by atoms with Gasteiger partial charge in [-0.25, -0.2) is 0 Å². The predicted octanol–water partition coefficient (Wildman–Crippen LogP) is 10.1. The van der Waals surface area contributed by atoms with E-state index in [1.54, 1.807) is 7.11 Å². The molecule has 0 unspecified atom stereocenters. The Hall–Kier alpha value is -0.344. The summed E-state index contributed by atoms with van der Waals surface area (Å²) in [6, 6.07) is 8.24. The molecule has 0 bridgehead atoms. The van der Waals surface area contributed by atoms with Crippen LogP contribution in [0, 0.1) is 0 Å². The molecule has 0 saturated carbocycles. The van der Waals surface area contributed by atoms with Gasteiger partial charge in [-0.3, -0.25) is 0 Å². The summed E-state index contributed by atoms with van der Waals surface area (Å²) in [5, 5.41) is 0.212. The average Bonchev–Trinajstić information content (AvgIpc) is 3.66. The maximum atomic E-state index is 6.68. The van der Waals surface area contributed by atoms with E-state index in [-0.39, 0.29) is 29.5 Å². The van der Waals surface area contributed by atoms with E-state index >= 15 is 0 Å². The summed E-state index contributed by atoms with van der Waals surface area (Å²) in [7, 11) is -0.0960. The average molecular weight is 682 g/mol. The molecule has 1 aromatic carbocycles. The number of methoxy groups -OCH3 is 1. The molecule has 0 aliphatic carbocycles. The van der Waals surface area contributed by atoms with Crippen molar-refractivity contribution in [1.82, 2.24) is 0 Å². The maximum absolute atomic E-state index is 6.68. The molecule has 1 aliphatic heterocycles. The molecule has 1 aromatic rings. The molecule has 0 N–H and O–H groups in total. The van der Waals surface area contributed by atoms with Crippen molar-refractivity contribution in [2.24, 2.45) is 0 Å². The number of hydrogen-bond acceptors (Lipinski definition) is 4. The monoisotopic (exact) mass is 682 g/mol. The van der Waals surface area contributed by atoms with Gasteiger partial charge in [0.25, 0.3) is 0 Å². The first-order valence-electron chi connectivity index (χ1n) is 16.2. The molecule has 1 aliphatic rings. The molecule has 0 aromatic heterocycles. The Labute approximate surface area is 253 Å². The number of rotatable bonds is 20. The number of hydrogen-bond donors (Lipinski definition) is 0. The van der Waals surface area contributed by atoms with Gasteiger partial charge in [-0.2, -0.15) is 0 Å². The number of benzene rings is 1. The van der Waals surface area contributed by atoms with Gasteiger partial charge in [-0.15, -0.1) is 0 Å². The van der Waals surface area contributed by atoms with Crippen molar-refractivity contribution in [3.63, 3.8) is 0 Å². The van der Waals surface area contributed by atoms with E-state index in [2.05, 4.69) is 83.9 Å². The molecule has 40 heavy (non-hydrogen) atoms. The van der Waals surface area contributed by atoms with Crippen LogP contribution in [0.3, 0.4) is 0 Å². The fraction of sp³-hybridized carbons (Fsp3) is 0.765. The molecular weight excluding hydrogens is 619 g/mol. The summed E-state index contributed by atoms with van der Waals surface area (Å²) in [6.45, 7) is 21.5. The SMILES string of the molecule is CCC[CH2][Sn](/[CH]=C/[C@H](OCc1ccc(OC)cc1)[C@H]1O[C@@H]1C[C@H](C)O[Si](C)(C)C(C)(C)C)([CH2]CCC)[CH2]CCC. The van der Waals surface area contributed by atoms with Gasteiger partial charge in [0.05, 0.1) is 0 Å². The van der Waals surface area contributed by atoms with E-state index < -0.39 is 26.7 Å². The van der Waals surface area contributed by atoms with Crippen LogP contribution < -0.4 is 4.74 Å². The van der Waals surface area contributed by atoms with Crippen molar-refractivity contribution in [2.75, 3.05) is 7.11 Å². The molecule has 4 nitrogen and oxygen atoms in total. The van der Waals surface area contributed by atoms with Crippen LogP contribution in [0.25, 0.3) is 0 Å². The normalized spacial score (nSPS) is 19.6. The van der Waals surface area contributed by atoms with Gasteiger partial charge in [-0.1, -0.05) is 0 Å². The molecule has 230 valence electrons. The zero-order chi connectivity index (χ0) is 29.8. The van der Waals surface area contributed by atoms with Crippen molar-refractivity contribution in [1.29, 1.82) is 0 Å². The van der Waals surface area contributed by atoms with Crippen LogP contribution >= 0.6 is 0 Å². The fourth-order valence-electron chi connectivity index (χ4n) is 5.37. The van der Waals surface area contributed by atoms with E-state index in [1.807, 2.05) is 12.1 Å². The molecular formula is C34H62O4SiSn. The first-order chi connectivity index (χ1) is 18.9. The van der Waals surface area contributed by atoms with Crippen molar-refractivity contribution >= 4 is 26.7 Å². The van der Waals surface area contributed by atoms with E-state index in [0.717, 1.165) is 12.2 Å². The topological polar surface area (TPSA) is 40.2 Å². The molecule has 0 spiro atoms. The van der Waals surface area contributed by atoms with Gasteiger partial charge in [0, 0.05) is 0 Å². The van der Waals surface area contributed by atoms with E-state index in [9.17, 15) is 0 Å². The zero-order valence-electron chi connectivity index (χ0n) is 27.7. The van der Waals surface area contributed by atoms with Gasteiger partial charge in [0.2, 0.25) is 0 Å². The fourth-order valence-corrected chi connectivity index (χ4v) is 21.2. The van der Waals surface area contributed by atoms with Crippen LogP contribution in [-0.4, -0.2) is 58.2 Å². The van der Waals surface area contributed by atoms with Crippen LogP contribution in [0.4, 0.5) is 0 Å². The minimum atomic E-state index is -2.43. The van der Waals surface area contributed by atoms with Gasteiger partial charge >= 0.3 is 254 Å². The molecule has 6 heteroatoms. The summed E-state index contributed by atoms with van der Waals surface area (Å²) in [5.41, 5.74) is 1.17. The molecule has 1 fully saturated rings. The second kappa shape index (κ2) is 17.1. The predicted molar refractivity (Wildman–Crippen MR) is 177 cm³/mol. The number of ether oxygens (including phenoxy) is 3. The van der Waals surface area contributed by atoms with Crippen molar-refractivity contribution in [3.8, 4) is 5.75 Å². The first-order valence-corrected chi connectivity index (χ1v) is 26.8. The van der Waals surface area contributed by atoms with Crippen LogP contribution in [0.2, 0.25) is 31.4 Å². The molecule has 2 rings (SSSR count). The first kappa shape index (κ1) is 35.8.